The fraction of sp³-hybridized carbons (Fsp3) is 0.250. The van der Waals surface area contributed by atoms with Crippen molar-refractivity contribution in [1.82, 2.24) is 0 Å². The monoisotopic (exact) mass is 208 g/mol. The van der Waals surface area contributed by atoms with E-state index >= 15 is 0 Å². The normalized spacial score (nSPS) is 16.4. The molecule has 0 bridgehead atoms. The highest BCUT2D eigenvalue weighted by molar-refractivity contribution is 5.98. The van der Waals surface area contributed by atoms with Crippen molar-refractivity contribution >= 4 is 11.4 Å². The van der Waals surface area contributed by atoms with Gasteiger partial charge in [-0.15, -0.1) is 0 Å². The molecule has 1 aliphatic carbocycles. The first-order valence-corrected chi connectivity index (χ1v) is 4.85. The van der Waals surface area contributed by atoms with Gasteiger partial charge < -0.3 is 0 Å². The summed E-state index contributed by atoms with van der Waals surface area (Å²) in [4.78, 5) is 11.2. The third-order valence-corrected chi connectivity index (χ3v) is 2.48. The van der Waals surface area contributed by atoms with Crippen LogP contribution in [0.5, 0.6) is 0 Å². The van der Waals surface area contributed by atoms with Crippen molar-refractivity contribution in [2.24, 2.45) is 0 Å². The molecule has 1 aliphatic rings. The van der Waals surface area contributed by atoms with Crippen molar-refractivity contribution < 1.29 is 13.6 Å². The Labute approximate surface area is 86.4 Å². The molecule has 0 atom stereocenters. The van der Waals surface area contributed by atoms with Gasteiger partial charge in [-0.2, -0.15) is 0 Å². The van der Waals surface area contributed by atoms with Crippen molar-refractivity contribution in [2.45, 2.75) is 19.3 Å². The fourth-order valence-corrected chi connectivity index (χ4v) is 1.75. The first-order valence-electron chi connectivity index (χ1n) is 4.85. The number of hydrogen-bond acceptors (Lipinski definition) is 1. The van der Waals surface area contributed by atoms with Gasteiger partial charge in [0.1, 0.15) is 11.6 Å². The number of carbonyl (C=O) groups is 1. The van der Waals surface area contributed by atoms with E-state index in [1.54, 1.807) is 0 Å². The van der Waals surface area contributed by atoms with E-state index in [0.29, 0.717) is 24.0 Å². The lowest BCUT2D eigenvalue weighted by molar-refractivity contribution is -0.114. The van der Waals surface area contributed by atoms with Crippen LogP contribution in [-0.2, 0) is 4.79 Å². The molecule has 0 fully saturated rings. The molecule has 0 saturated heterocycles. The number of carbonyl (C=O) groups excluding carboxylic acids is 1. The highest BCUT2D eigenvalue weighted by atomic mass is 19.1. The van der Waals surface area contributed by atoms with Crippen molar-refractivity contribution in [1.29, 1.82) is 0 Å². The second kappa shape index (κ2) is 3.93. The fourth-order valence-electron chi connectivity index (χ4n) is 1.75. The minimum Gasteiger partial charge on any atom is -0.295 e. The summed E-state index contributed by atoms with van der Waals surface area (Å²) in [6.07, 6.45) is 3.39. The zero-order chi connectivity index (χ0) is 10.8. The maximum absolute atomic E-state index is 13.4. The summed E-state index contributed by atoms with van der Waals surface area (Å²) < 4.78 is 26.0. The average molecular weight is 208 g/mol. The lowest BCUT2D eigenvalue weighted by Gasteiger charge is -2.12. The summed E-state index contributed by atoms with van der Waals surface area (Å²) in [7, 11) is 0. The van der Waals surface area contributed by atoms with Crippen LogP contribution in [0.3, 0.4) is 0 Å². The molecule has 2 rings (SSSR count). The van der Waals surface area contributed by atoms with Gasteiger partial charge in [0.15, 0.2) is 5.78 Å². The van der Waals surface area contributed by atoms with Gasteiger partial charge in [0.05, 0.1) is 0 Å². The molecule has 3 heteroatoms. The quantitative estimate of drug-likeness (QED) is 0.693. The molecular formula is C12H10F2O. The van der Waals surface area contributed by atoms with Crippen molar-refractivity contribution in [2.75, 3.05) is 0 Å². The summed E-state index contributed by atoms with van der Waals surface area (Å²) >= 11 is 0. The van der Waals surface area contributed by atoms with E-state index in [1.165, 1.54) is 18.2 Å². The van der Waals surface area contributed by atoms with E-state index in [1.807, 2.05) is 0 Å². The summed E-state index contributed by atoms with van der Waals surface area (Å²) in [5.74, 6) is -1.19. The Balaban J connectivity index is 2.41. The first-order chi connectivity index (χ1) is 7.16. The maximum Gasteiger partial charge on any atom is 0.155 e. The van der Waals surface area contributed by atoms with Gasteiger partial charge in [0.25, 0.3) is 0 Å². The zero-order valence-corrected chi connectivity index (χ0v) is 8.09. The second-order valence-electron chi connectivity index (χ2n) is 3.61. The van der Waals surface area contributed by atoms with Crippen LogP contribution < -0.4 is 0 Å². The van der Waals surface area contributed by atoms with Crippen molar-refractivity contribution in [3.63, 3.8) is 0 Å². The number of rotatable bonds is 1. The van der Waals surface area contributed by atoms with E-state index in [0.717, 1.165) is 12.5 Å². The SMILES string of the molecule is O=C1C=C(c2ccc(F)cc2F)CCC1. The number of ketones is 1. The zero-order valence-electron chi connectivity index (χ0n) is 8.09. The molecule has 0 amide bonds. The Morgan fingerprint density at radius 1 is 1.13 bits per heavy atom. The van der Waals surface area contributed by atoms with Gasteiger partial charge >= 0.3 is 0 Å². The molecule has 78 valence electrons. The van der Waals surface area contributed by atoms with Gasteiger partial charge in [-0.05, 0) is 36.6 Å². The van der Waals surface area contributed by atoms with Gasteiger partial charge in [-0.3, -0.25) is 4.79 Å². The van der Waals surface area contributed by atoms with Crippen molar-refractivity contribution in [3.05, 3.63) is 41.5 Å². The van der Waals surface area contributed by atoms with Crippen LogP contribution in [0.1, 0.15) is 24.8 Å². The van der Waals surface area contributed by atoms with E-state index < -0.39 is 11.6 Å². The molecule has 1 aromatic carbocycles. The van der Waals surface area contributed by atoms with Gasteiger partial charge in [0, 0.05) is 18.1 Å². The predicted octanol–water partition coefficient (Wildman–Crippen LogP) is 3.10. The number of benzene rings is 1. The molecule has 0 aromatic heterocycles. The van der Waals surface area contributed by atoms with Crippen molar-refractivity contribution in [3.8, 4) is 0 Å². The molecule has 0 aliphatic heterocycles. The maximum atomic E-state index is 13.4. The van der Waals surface area contributed by atoms with Crippen LogP contribution in [0.25, 0.3) is 5.57 Å². The average Bonchev–Trinajstić information content (AvgIpc) is 2.17. The highest BCUT2D eigenvalue weighted by Gasteiger charge is 2.14. The Bertz CT molecular complexity index is 435. The van der Waals surface area contributed by atoms with Crippen LogP contribution >= 0.6 is 0 Å². The molecular weight excluding hydrogens is 198 g/mol. The minimum atomic E-state index is -0.601. The largest absolute Gasteiger partial charge is 0.295 e. The topological polar surface area (TPSA) is 17.1 Å². The van der Waals surface area contributed by atoms with E-state index in [9.17, 15) is 13.6 Å². The van der Waals surface area contributed by atoms with E-state index in [-0.39, 0.29) is 5.78 Å². The third-order valence-electron chi connectivity index (χ3n) is 2.48. The van der Waals surface area contributed by atoms with E-state index in [4.69, 9.17) is 0 Å². The van der Waals surface area contributed by atoms with Gasteiger partial charge in [0.2, 0.25) is 0 Å². The smallest absolute Gasteiger partial charge is 0.155 e. The van der Waals surface area contributed by atoms with Gasteiger partial charge in [-0.25, -0.2) is 8.78 Å². The molecule has 0 N–H and O–H groups in total. The Kier molecular flexibility index (Phi) is 2.62. The Morgan fingerprint density at radius 3 is 2.60 bits per heavy atom. The van der Waals surface area contributed by atoms with Crippen LogP contribution in [0.2, 0.25) is 0 Å². The van der Waals surface area contributed by atoms with Crippen LogP contribution in [0, 0.1) is 11.6 Å². The number of hydrogen-bond donors (Lipinski definition) is 0. The summed E-state index contributed by atoms with van der Waals surface area (Å²) in [6.45, 7) is 0. The molecule has 0 heterocycles. The summed E-state index contributed by atoms with van der Waals surface area (Å²) in [5, 5.41) is 0. The van der Waals surface area contributed by atoms with Crippen LogP contribution in [0.4, 0.5) is 8.78 Å². The molecule has 1 aromatic rings. The molecule has 0 spiro atoms. The Hall–Kier alpha value is -1.51. The predicted molar refractivity (Wildman–Crippen MR) is 53.2 cm³/mol. The minimum absolute atomic E-state index is 0.0139. The molecule has 0 radical (unpaired) electrons. The number of allylic oxidation sites excluding steroid dienone is 2. The summed E-state index contributed by atoms with van der Waals surface area (Å²) in [5.41, 5.74) is 1.01. The molecule has 1 nitrogen and oxygen atoms in total. The van der Waals surface area contributed by atoms with Crippen LogP contribution in [-0.4, -0.2) is 5.78 Å². The molecule has 0 unspecified atom stereocenters. The third kappa shape index (κ3) is 2.12. The highest BCUT2D eigenvalue weighted by Crippen LogP contribution is 2.27. The molecule has 15 heavy (non-hydrogen) atoms. The standard InChI is InChI=1S/C12H10F2O/c13-9-4-5-11(12(14)7-9)8-2-1-3-10(15)6-8/h4-7H,1-3H2. The number of halogens is 2. The lowest BCUT2D eigenvalue weighted by Crippen LogP contribution is -2.03. The van der Waals surface area contributed by atoms with Gasteiger partial charge in [-0.1, -0.05) is 0 Å². The Morgan fingerprint density at radius 2 is 1.93 bits per heavy atom. The first kappa shape index (κ1) is 10.0. The molecule has 0 saturated carbocycles. The lowest BCUT2D eigenvalue weighted by atomic mass is 9.93. The van der Waals surface area contributed by atoms with Crippen LogP contribution in [0.15, 0.2) is 24.3 Å². The second-order valence-corrected chi connectivity index (χ2v) is 3.61. The van der Waals surface area contributed by atoms with E-state index in [2.05, 4.69) is 0 Å². The summed E-state index contributed by atoms with van der Waals surface area (Å²) in [6, 6.07) is 3.43.